The first-order valence-electron chi connectivity index (χ1n) is 20.2. The summed E-state index contributed by atoms with van der Waals surface area (Å²) in [7, 11) is 0. The maximum Gasteiger partial charge on any atom is 0.218 e. The molecule has 3 saturated heterocycles. The smallest absolute Gasteiger partial charge is 0.218 e. The van der Waals surface area contributed by atoms with Crippen molar-refractivity contribution in [3.63, 3.8) is 0 Å². The minimum Gasteiger partial charge on any atom is -0.506 e. The number of ether oxygens (including phenoxy) is 9. The van der Waals surface area contributed by atoms with Crippen LogP contribution in [0.3, 0.4) is 0 Å². The summed E-state index contributed by atoms with van der Waals surface area (Å²) < 4.78 is 48.4. The number of hydrogen-bond acceptors (Lipinski definition) is 30. The quantitative estimate of drug-likeness (QED) is 0.102. The summed E-state index contributed by atoms with van der Waals surface area (Å²) in [6.07, 6.45) is -47.3. The molecule has 384 valence electrons. The Morgan fingerprint density at radius 1 is 0.288 bits per heavy atom. The van der Waals surface area contributed by atoms with Gasteiger partial charge in [-0.1, -0.05) is 0 Å². The van der Waals surface area contributed by atoms with Crippen LogP contribution in [0, 0.1) is 0 Å². The van der Waals surface area contributed by atoms with Gasteiger partial charge in [0.05, 0.1) is 19.8 Å². The second kappa shape index (κ2) is 25.1. The monoisotopic (exact) mass is 972 g/mol. The summed E-state index contributed by atoms with van der Waals surface area (Å²) in [5.74, 6) is -8.71. The van der Waals surface area contributed by atoms with E-state index >= 15 is 0 Å². The Bertz CT molecular complexity index is 1590. The average Bonchev–Trinajstić information content (AvgIpc) is 3.30. The summed E-state index contributed by atoms with van der Waals surface area (Å²) in [5.41, 5.74) is 0. The van der Waals surface area contributed by atoms with Crippen LogP contribution in [0.2, 0.25) is 0 Å². The third-order valence-corrected chi connectivity index (χ3v) is 10.8. The van der Waals surface area contributed by atoms with Gasteiger partial charge in [0.25, 0.3) is 0 Å². The van der Waals surface area contributed by atoms with Gasteiger partial charge in [-0.05, 0) is 0 Å². The van der Waals surface area contributed by atoms with Gasteiger partial charge in [-0.15, -0.1) is 0 Å². The number of fused-ring (bicyclic) bond motifs is 1. The minimum absolute atomic E-state index is 0.660. The molecule has 8 aliphatic heterocycles. The van der Waals surface area contributed by atoms with Crippen LogP contribution in [0.25, 0.3) is 0 Å². The highest BCUT2D eigenvalue weighted by atomic mass is 16.8. The highest BCUT2D eigenvalue weighted by Gasteiger charge is 2.53. The highest BCUT2D eigenvalue weighted by molar-refractivity contribution is 5.12. The Morgan fingerprint density at radius 2 is 0.545 bits per heavy atom. The molecular formula is C36H60O30. The van der Waals surface area contributed by atoms with Gasteiger partial charge in [0.1, 0.15) is 91.6 Å². The predicted octanol–water partition coefficient (Wildman–Crippen LogP) is -8.29. The van der Waals surface area contributed by atoms with Gasteiger partial charge in [0.15, 0.2) is 53.4 Å². The van der Waals surface area contributed by atoms with Gasteiger partial charge < -0.3 is 150 Å². The van der Waals surface area contributed by atoms with E-state index in [-0.39, 0.29) is 0 Å². The molecule has 30 nitrogen and oxygen atoms in total. The van der Waals surface area contributed by atoms with Crippen molar-refractivity contribution < 1.29 is 150 Å². The molecule has 0 amide bonds. The summed E-state index contributed by atoms with van der Waals surface area (Å²) in [4.78, 5) is 0. The molecule has 30 heteroatoms. The fourth-order valence-electron chi connectivity index (χ4n) is 7.16. The Kier molecular flexibility index (Phi) is 21.1. The number of hydrogen-bond donors (Lipinski definition) is 21. The van der Waals surface area contributed by atoms with Crippen molar-refractivity contribution in [3.05, 3.63) is 34.6 Å². The van der Waals surface area contributed by atoms with Crippen LogP contribution < -0.4 is 0 Å². The number of rotatable bonds is 9. The van der Waals surface area contributed by atoms with Gasteiger partial charge in [0, 0.05) is 39.1 Å². The molecule has 21 N–H and O–H groups in total. The second-order valence-corrected chi connectivity index (χ2v) is 15.2. The van der Waals surface area contributed by atoms with E-state index in [0.29, 0.717) is 0 Å². The molecule has 0 aromatic carbocycles. The lowest BCUT2D eigenvalue weighted by molar-refractivity contribution is -0.368. The third-order valence-electron chi connectivity index (χ3n) is 10.8. The molecule has 0 aliphatic carbocycles. The molecule has 8 heterocycles. The first-order chi connectivity index (χ1) is 31.2. The molecule has 0 aromatic heterocycles. The number of aliphatic hydroxyl groups is 21. The molecule has 6 bridgehead atoms. The standard InChI is InChI=1S/C36H60O30/c37-4-1-10-16(43)23(50)32(56)65-29-14(8-41)63-36(27(54)20(29)47)66-30-15(9-42)62-35(26(53)21(30)48)60-12(3-6-39)18(45)24(51)33(57)64-28-13(7-40)61-34(25(52)19(28)46)59-11(2-5-38)17(44)22(49)31(55)58-10/h10-15,19-21,25-57H,1-9H2/b22-17-,23-16-,24-18-. The first-order valence-corrected chi connectivity index (χ1v) is 20.2. The lowest BCUT2D eigenvalue weighted by atomic mass is 9.96. The van der Waals surface area contributed by atoms with Crippen molar-refractivity contribution in [1.29, 1.82) is 0 Å². The summed E-state index contributed by atoms with van der Waals surface area (Å²) in [5, 5.41) is 222. The maximum atomic E-state index is 11.1. The van der Waals surface area contributed by atoms with Crippen LogP contribution in [0.5, 0.6) is 0 Å². The van der Waals surface area contributed by atoms with Crippen LogP contribution >= 0.6 is 0 Å². The summed E-state index contributed by atoms with van der Waals surface area (Å²) >= 11 is 0. The van der Waals surface area contributed by atoms with Crippen molar-refractivity contribution >= 4 is 0 Å². The fourth-order valence-corrected chi connectivity index (χ4v) is 7.16. The van der Waals surface area contributed by atoms with E-state index < -0.39 is 223 Å². The molecule has 21 unspecified atom stereocenters. The van der Waals surface area contributed by atoms with E-state index in [1.165, 1.54) is 0 Å². The van der Waals surface area contributed by atoms with Gasteiger partial charge in [-0.3, -0.25) is 0 Å². The first kappa shape index (κ1) is 55.7. The zero-order valence-electron chi connectivity index (χ0n) is 34.6. The largest absolute Gasteiger partial charge is 0.506 e. The van der Waals surface area contributed by atoms with Crippen LogP contribution in [0.15, 0.2) is 34.6 Å². The molecule has 0 saturated carbocycles. The average molecular weight is 973 g/mol. The fraction of sp³-hybridized carbons (Fsp3) is 0.833. The van der Waals surface area contributed by atoms with E-state index in [9.17, 15) is 107 Å². The molecular weight excluding hydrogens is 912 g/mol. The Balaban J connectivity index is 1.78. The molecule has 66 heavy (non-hydrogen) atoms. The summed E-state index contributed by atoms with van der Waals surface area (Å²) in [6, 6.07) is 0. The zero-order valence-corrected chi connectivity index (χ0v) is 34.6. The highest BCUT2D eigenvalue weighted by Crippen LogP contribution is 2.34. The molecule has 8 rings (SSSR count). The predicted molar refractivity (Wildman–Crippen MR) is 202 cm³/mol. The second-order valence-electron chi connectivity index (χ2n) is 15.2. The van der Waals surface area contributed by atoms with Crippen LogP contribution in [-0.4, -0.2) is 276 Å². The van der Waals surface area contributed by atoms with Crippen molar-refractivity contribution in [2.45, 2.75) is 149 Å². The molecule has 21 atom stereocenters. The van der Waals surface area contributed by atoms with Gasteiger partial charge in [-0.2, -0.15) is 0 Å². The van der Waals surface area contributed by atoms with Gasteiger partial charge >= 0.3 is 0 Å². The van der Waals surface area contributed by atoms with E-state index in [2.05, 4.69) is 0 Å². The van der Waals surface area contributed by atoms with Crippen molar-refractivity contribution in [2.75, 3.05) is 39.6 Å². The van der Waals surface area contributed by atoms with Crippen molar-refractivity contribution in [2.24, 2.45) is 0 Å². The van der Waals surface area contributed by atoms with Crippen LogP contribution in [-0.2, 0) is 42.6 Å². The normalized spacial score (nSPS) is 46.7. The van der Waals surface area contributed by atoms with Crippen LogP contribution in [0.4, 0.5) is 0 Å². The van der Waals surface area contributed by atoms with Gasteiger partial charge in [-0.25, -0.2) is 0 Å². The van der Waals surface area contributed by atoms with Crippen molar-refractivity contribution in [3.8, 4) is 0 Å². The molecule has 0 radical (unpaired) electrons. The van der Waals surface area contributed by atoms with Crippen molar-refractivity contribution in [1.82, 2.24) is 0 Å². The molecule has 3 fully saturated rings. The molecule has 0 spiro atoms. The third kappa shape index (κ3) is 12.6. The zero-order chi connectivity index (χ0) is 49.3. The lowest BCUT2D eigenvalue weighted by Gasteiger charge is -2.47. The minimum atomic E-state index is -2.73. The Labute approximate surface area is 372 Å². The van der Waals surface area contributed by atoms with Gasteiger partial charge in [0.2, 0.25) is 18.9 Å². The van der Waals surface area contributed by atoms with E-state index in [0.717, 1.165) is 0 Å². The van der Waals surface area contributed by atoms with E-state index in [1.54, 1.807) is 0 Å². The number of aliphatic hydroxyl groups excluding tert-OH is 21. The van der Waals surface area contributed by atoms with E-state index in [1.807, 2.05) is 0 Å². The lowest BCUT2D eigenvalue weighted by Crippen LogP contribution is -2.65. The topological polar surface area (TPSA) is 508 Å². The molecule has 8 aliphatic rings. The Hall–Kier alpha value is -2.94. The van der Waals surface area contributed by atoms with Crippen LogP contribution in [0.1, 0.15) is 19.3 Å². The SMILES string of the molecule is OCCC1OC(O)/C(O)=C(/O)C(CCO)OC2OC(CO)C(OC(O)/C(O)=C(/O)C(CCO)OC3OC(CO)C(OC4OC(CO)C(OC(O)/C(O)=C\1O)C(O)C4O)C(O)C3O)C(O)C2O. The summed E-state index contributed by atoms with van der Waals surface area (Å²) in [6.45, 7) is -5.88. The van der Waals surface area contributed by atoms with E-state index in [4.69, 9.17) is 42.6 Å². The Morgan fingerprint density at radius 3 is 0.833 bits per heavy atom. The maximum absolute atomic E-state index is 11.1. The molecule has 0 aromatic rings.